The van der Waals surface area contributed by atoms with Gasteiger partial charge in [0, 0.05) is 12.8 Å². The molecule has 8 atom stereocenters. The predicted molar refractivity (Wildman–Crippen MR) is 202 cm³/mol. The number of ether oxygens (including phenoxy) is 1. The Morgan fingerprint density at radius 1 is 0.702 bits per heavy atom. The third kappa shape index (κ3) is 10.8. The summed E-state index contributed by atoms with van der Waals surface area (Å²) in [5.41, 5.74) is 2.54. The van der Waals surface area contributed by atoms with E-state index < -0.39 is 0 Å². The van der Waals surface area contributed by atoms with Crippen molar-refractivity contribution < 1.29 is 9.53 Å². The van der Waals surface area contributed by atoms with Crippen molar-refractivity contribution in [2.45, 2.75) is 215 Å². The molecule has 47 heavy (non-hydrogen) atoms. The summed E-state index contributed by atoms with van der Waals surface area (Å²) in [4.78, 5) is 12.8. The van der Waals surface area contributed by atoms with Gasteiger partial charge in [0.2, 0.25) is 0 Å². The maximum Gasteiger partial charge on any atom is 0.306 e. The quantitative estimate of drug-likeness (QED) is 0.0700. The largest absolute Gasteiger partial charge is 0.462 e. The highest BCUT2D eigenvalue weighted by molar-refractivity contribution is 5.69. The zero-order valence-corrected chi connectivity index (χ0v) is 32.7. The molecule has 0 bridgehead atoms. The molecule has 0 N–H and O–H groups in total. The van der Waals surface area contributed by atoms with E-state index in [1.807, 2.05) is 0 Å². The van der Waals surface area contributed by atoms with E-state index in [1.165, 1.54) is 135 Å². The topological polar surface area (TPSA) is 26.3 Å². The molecule has 0 aromatic heterocycles. The number of unbranched alkanes of at least 4 members (excludes halogenated alkanes) is 11. The highest BCUT2D eigenvalue weighted by Gasteiger charge is 2.59. The number of allylic oxidation sites excluding steroid dienone is 1. The first-order valence-electron chi connectivity index (χ1n) is 21.4. The highest BCUT2D eigenvalue weighted by Crippen LogP contribution is 2.67. The first kappa shape index (κ1) is 39.0. The van der Waals surface area contributed by atoms with Crippen molar-refractivity contribution in [3.63, 3.8) is 0 Å². The van der Waals surface area contributed by atoms with Crippen molar-refractivity contribution in [1.29, 1.82) is 0 Å². The molecule has 2 heteroatoms. The average Bonchev–Trinajstić information content (AvgIpc) is 3.38. The second-order valence-electron chi connectivity index (χ2n) is 18.8. The van der Waals surface area contributed by atoms with E-state index in [0.717, 1.165) is 60.7 Å². The van der Waals surface area contributed by atoms with Gasteiger partial charge in [0.25, 0.3) is 0 Å². The molecular formula is C45H80O2. The summed E-state index contributed by atoms with van der Waals surface area (Å²) < 4.78 is 6.13. The fraction of sp³-hybridized carbons (Fsp3) is 0.933. The molecule has 272 valence electrons. The summed E-state index contributed by atoms with van der Waals surface area (Å²) in [6.45, 7) is 17.3. The van der Waals surface area contributed by atoms with Gasteiger partial charge in [-0.15, -0.1) is 0 Å². The minimum Gasteiger partial charge on any atom is -0.462 e. The van der Waals surface area contributed by atoms with Crippen LogP contribution in [0.1, 0.15) is 209 Å². The Labute approximate surface area is 293 Å². The molecule has 0 amide bonds. The molecule has 0 spiro atoms. The Bertz CT molecular complexity index is 948. The Morgan fingerprint density at radius 3 is 1.94 bits per heavy atom. The Morgan fingerprint density at radius 2 is 1.30 bits per heavy atom. The smallest absolute Gasteiger partial charge is 0.306 e. The van der Waals surface area contributed by atoms with Gasteiger partial charge in [0.05, 0.1) is 0 Å². The van der Waals surface area contributed by atoms with Crippen molar-refractivity contribution in [3.05, 3.63) is 11.6 Å². The van der Waals surface area contributed by atoms with Crippen LogP contribution in [0.3, 0.4) is 0 Å². The summed E-state index contributed by atoms with van der Waals surface area (Å²) in [6.07, 6.45) is 35.5. The monoisotopic (exact) mass is 653 g/mol. The number of carbonyl (C=O) groups excluding carboxylic acids is 1. The summed E-state index contributed by atoms with van der Waals surface area (Å²) in [5, 5.41) is 0. The van der Waals surface area contributed by atoms with Crippen LogP contribution in [0.4, 0.5) is 0 Å². The van der Waals surface area contributed by atoms with Crippen molar-refractivity contribution >= 4 is 5.97 Å². The van der Waals surface area contributed by atoms with Crippen LogP contribution in [0, 0.1) is 52.3 Å². The number of carbonyl (C=O) groups is 1. The predicted octanol–water partition coefficient (Wildman–Crippen LogP) is 14.1. The van der Waals surface area contributed by atoms with Crippen LogP contribution in [0.15, 0.2) is 11.6 Å². The molecule has 4 aliphatic rings. The maximum atomic E-state index is 12.8. The molecule has 0 heterocycles. The molecule has 0 radical (unpaired) electrons. The van der Waals surface area contributed by atoms with E-state index in [1.54, 1.807) is 5.57 Å². The van der Waals surface area contributed by atoms with Gasteiger partial charge in [-0.25, -0.2) is 0 Å². The van der Waals surface area contributed by atoms with Crippen LogP contribution in [0.25, 0.3) is 0 Å². The number of hydrogen-bond donors (Lipinski definition) is 0. The van der Waals surface area contributed by atoms with Gasteiger partial charge in [0.15, 0.2) is 0 Å². The van der Waals surface area contributed by atoms with E-state index >= 15 is 0 Å². The fourth-order valence-corrected chi connectivity index (χ4v) is 11.6. The van der Waals surface area contributed by atoms with Gasteiger partial charge >= 0.3 is 5.97 Å². The number of hydrogen-bond acceptors (Lipinski definition) is 2. The first-order chi connectivity index (χ1) is 22.5. The number of fused-ring (bicyclic) bond motifs is 5. The molecule has 4 unspecified atom stereocenters. The zero-order valence-electron chi connectivity index (χ0n) is 32.7. The Balaban J connectivity index is 1.11. The lowest BCUT2D eigenvalue weighted by atomic mass is 9.47. The third-order valence-electron chi connectivity index (χ3n) is 14.5. The summed E-state index contributed by atoms with van der Waals surface area (Å²) in [7, 11) is 0. The molecule has 2 nitrogen and oxygen atoms in total. The van der Waals surface area contributed by atoms with Gasteiger partial charge in [-0.1, -0.05) is 156 Å². The van der Waals surface area contributed by atoms with Gasteiger partial charge < -0.3 is 4.74 Å². The number of esters is 1. The SMILES string of the molecule is CC(C)CCCCCCCCCCCCCCC(=O)OC1CC[C@@]2(C)C(=CCC3C2CC[C@@]2(C)C3CC[C@@H]2[C@H](C)CCCC(C)C)C1. The lowest BCUT2D eigenvalue weighted by Gasteiger charge is -2.58. The molecule has 4 rings (SSSR count). The lowest BCUT2D eigenvalue weighted by Crippen LogP contribution is -2.51. The lowest BCUT2D eigenvalue weighted by molar-refractivity contribution is -0.151. The normalized spacial score (nSPS) is 32.5. The standard InChI is InChI=1S/C45H80O2/c1-34(2)21-18-16-14-12-10-8-9-11-13-15-17-19-24-43(46)47-38-29-31-44(6)37(33-38)25-26-39-41-28-27-40(36(5)23-20-22-35(3)4)45(41,7)32-30-42(39)44/h25,34-36,38-42H,8-24,26-33H2,1-7H3/t36-,38?,39?,40-,41?,42?,44+,45-/m1/s1. The van der Waals surface area contributed by atoms with Crippen LogP contribution in [0.5, 0.6) is 0 Å². The van der Waals surface area contributed by atoms with Gasteiger partial charge in [-0.05, 0) is 104 Å². The highest BCUT2D eigenvalue weighted by atomic mass is 16.5. The van der Waals surface area contributed by atoms with Gasteiger partial charge in [-0.2, -0.15) is 0 Å². The maximum absolute atomic E-state index is 12.8. The van der Waals surface area contributed by atoms with E-state index in [0.29, 0.717) is 17.3 Å². The van der Waals surface area contributed by atoms with Crippen molar-refractivity contribution in [2.75, 3.05) is 0 Å². The fourth-order valence-electron chi connectivity index (χ4n) is 11.6. The molecular weight excluding hydrogens is 572 g/mol. The Hall–Kier alpha value is -0.790. The van der Waals surface area contributed by atoms with Crippen LogP contribution < -0.4 is 0 Å². The van der Waals surface area contributed by atoms with E-state index in [-0.39, 0.29) is 12.1 Å². The van der Waals surface area contributed by atoms with Crippen molar-refractivity contribution in [2.24, 2.45) is 52.3 Å². The Kier molecular flexibility index (Phi) is 15.8. The number of rotatable bonds is 21. The zero-order chi connectivity index (χ0) is 33.9. The van der Waals surface area contributed by atoms with Gasteiger partial charge in [0.1, 0.15) is 6.10 Å². The first-order valence-corrected chi connectivity index (χ1v) is 21.4. The second-order valence-corrected chi connectivity index (χ2v) is 18.8. The van der Waals surface area contributed by atoms with Crippen molar-refractivity contribution in [3.8, 4) is 0 Å². The average molecular weight is 653 g/mol. The van der Waals surface area contributed by atoms with E-state index in [2.05, 4.69) is 54.5 Å². The summed E-state index contributed by atoms with van der Waals surface area (Å²) in [5.74, 6) is 6.20. The van der Waals surface area contributed by atoms with Crippen LogP contribution in [-0.4, -0.2) is 12.1 Å². The van der Waals surface area contributed by atoms with E-state index in [4.69, 9.17) is 4.74 Å². The van der Waals surface area contributed by atoms with Crippen LogP contribution in [0.2, 0.25) is 0 Å². The van der Waals surface area contributed by atoms with Crippen LogP contribution >= 0.6 is 0 Å². The summed E-state index contributed by atoms with van der Waals surface area (Å²) >= 11 is 0. The second kappa shape index (κ2) is 19.0. The van der Waals surface area contributed by atoms with Crippen molar-refractivity contribution in [1.82, 2.24) is 0 Å². The van der Waals surface area contributed by atoms with Gasteiger partial charge in [-0.3, -0.25) is 4.79 Å². The summed E-state index contributed by atoms with van der Waals surface area (Å²) in [6, 6.07) is 0. The molecule has 0 aromatic carbocycles. The molecule has 3 fully saturated rings. The molecule has 0 aliphatic heterocycles. The third-order valence-corrected chi connectivity index (χ3v) is 14.5. The molecule has 0 aromatic rings. The minimum atomic E-state index is 0.0641. The molecule has 0 saturated heterocycles. The minimum absolute atomic E-state index is 0.0641. The molecule has 4 aliphatic carbocycles. The van der Waals surface area contributed by atoms with Crippen LogP contribution in [-0.2, 0) is 9.53 Å². The molecule has 3 saturated carbocycles. The van der Waals surface area contributed by atoms with E-state index in [9.17, 15) is 4.79 Å².